The van der Waals surface area contributed by atoms with Gasteiger partial charge in [0, 0.05) is 0 Å². The lowest BCUT2D eigenvalue weighted by atomic mass is 9.95. The van der Waals surface area contributed by atoms with Gasteiger partial charge in [0.1, 0.15) is 5.75 Å². The highest BCUT2D eigenvalue weighted by Crippen LogP contribution is 2.24. The molecule has 0 saturated heterocycles. The molecule has 2 rings (SSSR count). The first-order chi connectivity index (χ1) is 9.17. The quantitative estimate of drug-likeness (QED) is 0.846. The number of methoxy groups -OCH3 is 1. The molecule has 104 valence electrons. The fraction of sp³-hybridized carbons (Fsp3) is 0.533. The van der Waals surface area contributed by atoms with E-state index in [0.29, 0.717) is 0 Å². The van der Waals surface area contributed by atoms with E-state index in [1.54, 1.807) is 0 Å². The molecule has 0 amide bonds. The lowest BCUT2D eigenvalue weighted by Gasteiger charge is -2.26. The summed E-state index contributed by atoms with van der Waals surface area (Å²) in [7, 11) is 1.39. The van der Waals surface area contributed by atoms with Crippen LogP contribution in [0.3, 0.4) is 0 Å². The van der Waals surface area contributed by atoms with Crippen molar-refractivity contribution in [3.05, 3.63) is 29.8 Å². The van der Waals surface area contributed by atoms with Gasteiger partial charge in [-0.3, -0.25) is 4.79 Å². The SMILES string of the molecule is COC(=O)Cc1ccc(OC2CCC(O)CC2)cc1. The Balaban J connectivity index is 1.86. The van der Waals surface area contributed by atoms with Crippen molar-refractivity contribution < 1.29 is 19.4 Å². The van der Waals surface area contributed by atoms with Crippen LogP contribution in [0.4, 0.5) is 0 Å². The summed E-state index contributed by atoms with van der Waals surface area (Å²) in [5, 5.41) is 9.44. The number of aliphatic hydroxyl groups is 1. The second-order valence-electron chi connectivity index (χ2n) is 4.95. The Labute approximate surface area is 113 Å². The Hall–Kier alpha value is -1.55. The number of esters is 1. The van der Waals surface area contributed by atoms with Crippen LogP contribution in [0.1, 0.15) is 31.2 Å². The zero-order valence-corrected chi connectivity index (χ0v) is 11.2. The molecule has 1 aromatic carbocycles. The van der Waals surface area contributed by atoms with Gasteiger partial charge in [-0.25, -0.2) is 0 Å². The summed E-state index contributed by atoms with van der Waals surface area (Å²) in [5.41, 5.74) is 0.915. The van der Waals surface area contributed by atoms with Crippen LogP contribution in [0.5, 0.6) is 5.75 Å². The molecule has 0 spiro atoms. The van der Waals surface area contributed by atoms with Crippen LogP contribution >= 0.6 is 0 Å². The second-order valence-corrected chi connectivity index (χ2v) is 4.95. The molecule has 1 aliphatic rings. The van der Waals surface area contributed by atoms with E-state index in [2.05, 4.69) is 4.74 Å². The van der Waals surface area contributed by atoms with Crippen LogP contribution in [-0.4, -0.2) is 30.4 Å². The van der Waals surface area contributed by atoms with Crippen molar-refractivity contribution in [3.63, 3.8) is 0 Å². The molecular formula is C15H20O4. The summed E-state index contributed by atoms with van der Waals surface area (Å²) in [6, 6.07) is 7.51. The molecule has 0 unspecified atom stereocenters. The Morgan fingerprint density at radius 1 is 1.21 bits per heavy atom. The number of hydrogen-bond acceptors (Lipinski definition) is 4. The summed E-state index contributed by atoms with van der Waals surface area (Å²) in [6.07, 6.45) is 3.72. The highest BCUT2D eigenvalue weighted by atomic mass is 16.5. The van der Waals surface area contributed by atoms with Crippen LogP contribution in [-0.2, 0) is 16.0 Å². The summed E-state index contributed by atoms with van der Waals surface area (Å²) in [4.78, 5) is 11.1. The lowest BCUT2D eigenvalue weighted by molar-refractivity contribution is -0.139. The van der Waals surface area contributed by atoms with E-state index < -0.39 is 0 Å². The van der Waals surface area contributed by atoms with Gasteiger partial charge in [-0.15, -0.1) is 0 Å². The fourth-order valence-electron chi connectivity index (χ4n) is 2.28. The molecule has 0 radical (unpaired) electrons. The zero-order valence-electron chi connectivity index (χ0n) is 11.2. The van der Waals surface area contributed by atoms with Crippen LogP contribution in [0, 0.1) is 0 Å². The maximum atomic E-state index is 11.1. The Morgan fingerprint density at radius 2 is 1.84 bits per heavy atom. The third kappa shape index (κ3) is 4.24. The first-order valence-electron chi connectivity index (χ1n) is 6.68. The molecule has 4 nitrogen and oxygen atoms in total. The van der Waals surface area contributed by atoms with E-state index in [0.717, 1.165) is 37.0 Å². The van der Waals surface area contributed by atoms with Crippen LogP contribution in [0.2, 0.25) is 0 Å². The van der Waals surface area contributed by atoms with Crippen molar-refractivity contribution >= 4 is 5.97 Å². The second kappa shape index (κ2) is 6.57. The van der Waals surface area contributed by atoms with E-state index in [-0.39, 0.29) is 24.6 Å². The van der Waals surface area contributed by atoms with Crippen molar-refractivity contribution in [2.24, 2.45) is 0 Å². The van der Waals surface area contributed by atoms with E-state index >= 15 is 0 Å². The van der Waals surface area contributed by atoms with Gasteiger partial charge in [0.05, 0.1) is 25.7 Å². The normalized spacial score (nSPS) is 22.8. The molecule has 4 heteroatoms. The zero-order chi connectivity index (χ0) is 13.7. The largest absolute Gasteiger partial charge is 0.490 e. The summed E-state index contributed by atoms with van der Waals surface area (Å²) >= 11 is 0. The molecule has 1 saturated carbocycles. The molecule has 1 N–H and O–H groups in total. The standard InChI is InChI=1S/C15H20O4/c1-18-15(17)10-11-2-6-13(7-3-11)19-14-8-4-12(16)5-9-14/h2-3,6-7,12,14,16H,4-5,8-10H2,1H3. The smallest absolute Gasteiger partial charge is 0.309 e. The predicted molar refractivity (Wildman–Crippen MR) is 71.1 cm³/mol. The van der Waals surface area contributed by atoms with E-state index in [4.69, 9.17) is 4.74 Å². The number of hydrogen-bond donors (Lipinski definition) is 1. The molecule has 0 aromatic heterocycles. The van der Waals surface area contributed by atoms with Crippen LogP contribution in [0.25, 0.3) is 0 Å². The highest BCUT2D eigenvalue weighted by molar-refractivity contribution is 5.72. The maximum absolute atomic E-state index is 11.1. The van der Waals surface area contributed by atoms with Crippen LogP contribution in [0.15, 0.2) is 24.3 Å². The van der Waals surface area contributed by atoms with Gasteiger partial charge in [-0.2, -0.15) is 0 Å². The van der Waals surface area contributed by atoms with Gasteiger partial charge in [-0.1, -0.05) is 12.1 Å². The van der Waals surface area contributed by atoms with E-state index in [1.807, 2.05) is 24.3 Å². The van der Waals surface area contributed by atoms with Gasteiger partial charge in [0.15, 0.2) is 0 Å². The first kappa shape index (κ1) is 13.9. The van der Waals surface area contributed by atoms with Crippen molar-refractivity contribution in [2.45, 2.75) is 44.3 Å². The van der Waals surface area contributed by atoms with Crippen molar-refractivity contribution in [3.8, 4) is 5.75 Å². The molecule has 0 atom stereocenters. The Bertz CT molecular complexity index is 405. The predicted octanol–water partition coefficient (Wildman–Crippen LogP) is 2.08. The maximum Gasteiger partial charge on any atom is 0.309 e. The van der Waals surface area contributed by atoms with Crippen molar-refractivity contribution in [2.75, 3.05) is 7.11 Å². The Morgan fingerprint density at radius 3 is 2.42 bits per heavy atom. The first-order valence-corrected chi connectivity index (χ1v) is 6.68. The average Bonchev–Trinajstić information content (AvgIpc) is 2.43. The van der Waals surface area contributed by atoms with Crippen molar-refractivity contribution in [1.82, 2.24) is 0 Å². The molecule has 1 aliphatic carbocycles. The van der Waals surface area contributed by atoms with Crippen LogP contribution < -0.4 is 4.74 Å². The number of ether oxygens (including phenoxy) is 2. The van der Waals surface area contributed by atoms with E-state index in [9.17, 15) is 9.90 Å². The Kier molecular flexibility index (Phi) is 4.80. The summed E-state index contributed by atoms with van der Waals surface area (Å²) in [5.74, 6) is 0.574. The van der Waals surface area contributed by atoms with Gasteiger partial charge in [-0.05, 0) is 43.4 Å². The fourth-order valence-corrected chi connectivity index (χ4v) is 2.28. The lowest BCUT2D eigenvalue weighted by Crippen LogP contribution is -2.26. The summed E-state index contributed by atoms with van der Waals surface area (Å²) < 4.78 is 10.5. The van der Waals surface area contributed by atoms with Gasteiger partial charge >= 0.3 is 5.97 Å². The minimum Gasteiger partial charge on any atom is -0.490 e. The van der Waals surface area contributed by atoms with Gasteiger partial charge < -0.3 is 14.6 Å². The number of rotatable bonds is 4. The highest BCUT2D eigenvalue weighted by Gasteiger charge is 2.20. The molecule has 19 heavy (non-hydrogen) atoms. The molecule has 1 fully saturated rings. The van der Waals surface area contributed by atoms with Gasteiger partial charge in [0.2, 0.25) is 0 Å². The number of carbonyl (C=O) groups is 1. The summed E-state index contributed by atoms with van der Waals surface area (Å²) in [6.45, 7) is 0. The number of benzene rings is 1. The third-order valence-electron chi connectivity index (χ3n) is 3.45. The monoisotopic (exact) mass is 264 g/mol. The molecule has 0 heterocycles. The van der Waals surface area contributed by atoms with Gasteiger partial charge in [0.25, 0.3) is 0 Å². The average molecular weight is 264 g/mol. The van der Waals surface area contributed by atoms with Crippen molar-refractivity contribution in [1.29, 1.82) is 0 Å². The molecule has 0 aliphatic heterocycles. The topological polar surface area (TPSA) is 55.8 Å². The molecule has 1 aromatic rings. The molecular weight excluding hydrogens is 244 g/mol. The minimum absolute atomic E-state index is 0.165. The number of aliphatic hydroxyl groups excluding tert-OH is 1. The minimum atomic E-state index is -0.241. The van der Waals surface area contributed by atoms with E-state index in [1.165, 1.54) is 7.11 Å². The number of carbonyl (C=O) groups excluding carboxylic acids is 1. The molecule has 0 bridgehead atoms. The third-order valence-corrected chi connectivity index (χ3v) is 3.45.